The van der Waals surface area contributed by atoms with E-state index >= 15 is 0 Å². The molecule has 3 heterocycles. The van der Waals surface area contributed by atoms with E-state index in [1.54, 1.807) is 6.07 Å². The molecule has 0 unspecified atom stereocenters. The van der Waals surface area contributed by atoms with Gasteiger partial charge in [-0.15, -0.1) is 0 Å². The number of hydrogen-bond donors (Lipinski definition) is 2. The molecule has 2 aromatic heterocycles. The molecule has 1 atom stereocenters. The predicted molar refractivity (Wildman–Crippen MR) is 135 cm³/mol. The third kappa shape index (κ3) is 4.88. The molecule has 41 heavy (non-hydrogen) atoms. The first-order valence-corrected chi connectivity index (χ1v) is 14.1. The molecule has 2 aliphatic carbocycles. The summed E-state index contributed by atoms with van der Waals surface area (Å²) in [5.41, 5.74) is 0.476. The summed E-state index contributed by atoms with van der Waals surface area (Å²) in [4.78, 5) is 31.1. The van der Waals surface area contributed by atoms with Crippen molar-refractivity contribution in [3.8, 4) is 17.6 Å². The molecule has 0 bridgehead atoms. The van der Waals surface area contributed by atoms with Gasteiger partial charge in [-0.3, -0.25) is 9.59 Å². The van der Waals surface area contributed by atoms with Crippen LogP contribution in [0.4, 0.5) is 13.2 Å². The largest absolute Gasteiger partial charge is 0.484 e. The Kier molecular flexibility index (Phi) is 6.07. The zero-order valence-corrected chi connectivity index (χ0v) is 22.0. The van der Waals surface area contributed by atoms with E-state index in [1.807, 2.05) is 10.8 Å². The van der Waals surface area contributed by atoms with E-state index in [9.17, 15) is 31.2 Å². The Morgan fingerprint density at radius 2 is 2.05 bits per heavy atom. The molecular weight excluding hydrogens is 565 g/mol. The average molecular weight is 587 g/mol. The maximum atomic E-state index is 13.6. The van der Waals surface area contributed by atoms with Gasteiger partial charge in [-0.25, -0.2) is 22.8 Å². The van der Waals surface area contributed by atoms with Crippen molar-refractivity contribution in [2.75, 3.05) is 6.61 Å². The van der Waals surface area contributed by atoms with Crippen LogP contribution in [0.2, 0.25) is 0 Å². The molecule has 15 heteroatoms. The number of rotatable bonds is 6. The van der Waals surface area contributed by atoms with Crippen molar-refractivity contribution in [1.29, 1.82) is 5.26 Å². The normalized spacial score (nSPS) is 19.7. The minimum atomic E-state index is -4.49. The lowest BCUT2D eigenvalue weighted by Crippen LogP contribution is -2.50. The van der Waals surface area contributed by atoms with Crippen LogP contribution < -0.4 is 14.8 Å². The summed E-state index contributed by atoms with van der Waals surface area (Å²) < 4.78 is 71.0. The number of aromatic nitrogens is 3. The smallest absolute Gasteiger partial charge is 0.422 e. The molecule has 1 saturated carbocycles. The van der Waals surface area contributed by atoms with Crippen molar-refractivity contribution in [2.45, 2.75) is 49.1 Å². The Balaban J connectivity index is 1.39. The third-order valence-electron chi connectivity index (χ3n) is 7.33. The molecule has 1 fully saturated rings. The van der Waals surface area contributed by atoms with Gasteiger partial charge in [-0.1, -0.05) is 6.07 Å². The van der Waals surface area contributed by atoms with Gasteiger partial charge in [-0.05, 0) is 61.1 Å². The number of amides is 2. The highest BCUT2D eigenvalue weighted by molar-refractivity contribution is 7.91. The Morgan fingerprint density at radius 3 is 2.71 bits per heavy atom. The van der Waals surface area contributed by atoms with Crippen LogP contribution in [0.5, 0.6) is 5.75 Å². The molecular formula is C26H21F3N6O5S. The molecule has 212 valence electrons. The maximum absolute atomic E-state index is 13.6. The van der Waals surface area contributed by atoms with Gasteiger partial charge in [0.2, 0.25) is 10.0 Å². The second-order valence-electron chi connectivity index (χ2n) is 10.2. The second kappa shape index (κ2) is 9.30. The van der Waals surface area contributed by atoms with Crippen LogP contribution in [-0.2, 0) is 28.4 Å². The molecule has 2 amide bonds. The number of carbonyl (C=O) groups is 2. The van der Waals surface area contributed by atoms with Crippen molar-refractivity contribution < 1.29 is 35.9 Å². The van der Waals surface area contributed by atoms with E-state index in [1.165, 1.54) is 30.5 Å². The molecule has 2 N–H and O–H groups in total. The number of alkyl halides is 3. The molecule has 3 aromatic rings. The average Bonchev–Trinajstić information content (AvgIpc) is 3.65. The Hall–Kier alpha value is -4.45. The highest BCUT2D eigenvalue weighted by Gasteiger charge is 2.48. The van der Waals surface area contributed by atoms with E-state index in [2.05, 4.69) is 15.4 Å². The summed E-state index contributed by atoms with van der Waals surface area (Å²) >= 11 is 0. The van der Waals surface area contributed by atoms with Crippen molar-refractivity contribution in [2.24, 2.45) is 0 Å². The third-order valence-corrected chi connectivity index (χ3v) is 9.15. The minimum absolute atomic E-state index is 0.0490. The Labute approximate surface area is 231 Å². The topological polar surface area (TPSA) is 156 Å². The zero-order chi connectivity index (χ0) is 29.2. The monoisotopic (exact) mass is 586 g/mol. The molecule has 11 nitrogen and oxygen atoms in total. The van der Waals surface area contributed by atoms with Crippen molar-refractivity contribution in [3.63, 3.8) is 0 Å². The summed E-state index contributed by atoms with van der Waals surface area (Å²) in [5.74, 6) is -1.56. The van der Waals surface area contributed by atoms with Gasteiger partial charge in [-0.2, -0.15) is 23.5 Å². The Bertz CT molecular complexity index is 1740. The molecule has 0 radical (unpaired) electrons. The number of pyridine rings is 1. The van der Waals surface area contributed by atoms with Crippen LogP contribution in [0.15, 0.2) is 36.5 Å². The molecule has 6 rings (SSSR count). The quantitative estimate of drug-likeness (QED) is 0.446. The SMILES string of the molecule is N#Cc1ccc(-n2nc3c(c2C(=O)NS(=O)(=O)C2CC2)C(=O)N[C@]2(CCc4cc(OCC(F)(F)F)ccc42)C3)nc1. The first kappa shape index (κ1) is 26.8. The van der Waals surface area contributed by atoms with E-state index in [4.69, 9.17) is 10.00 Å². The van der Waals surface area contributed by atoms with Gasteiger partial charge in [0.05, 0.1) is 27.6 Å². The highest BCUT2D eigenvalue weighted by atomic mass is 32.2. The van der Waals surface area contributed by atoms with Crippen LogP contribution in [0.25, 0.3) is 5.82 Å². The number of nitrogens with one attached hydrogen (secondary N) is 2. The van der Waals surface area contributed by atoms with Crippen LogP contribution in [0.1, 0.15) is 62.5 Å². The number of aryl methyl sites for hydroxylation is 1. The van der Waals surface area contributed by atoms with E-state index in [0.717, 1.165) is 4.68 Å². The summed E-state index contributed by atoms with van der Waals surface area (Å²) in [7, 11) is -3.96. The van der Waals surface area contributed by atoms with E-state index in [-0.39, 0.29) is 40.5 Å². The zero-order valence-electron chi connectivity index (χ0n) is 21.2. The van der Waals surface area contributed by atoms with Crippen LogP contribution in [0, 0.1) is 11.3 Å². The minimum Gasteiger partial charge on any atom is -0.484 e. The molecule has 3 aliphatic rings. The fourth-order valence-electron chi connectivity index (χ4n) is 5.32. The number of carbonyl (C=O) groups excluding carboxylic acids is 2. The summed E-state index contributed by atoms with van der Waals surface area (Å²) in [5, 5.41) is 15.9. The van der Waals surface area contributed by atoms with E-state index in [0.29, 0.717) is 36.8 Å². The fraction of sp³-hybridized carbons (Fsp3) is 0.346. The number of nitriles is 1. The lowest BCUT2D eigenvalue weighted by atomic mass is 9.82. The van der Waals surface area contributed by atoms with Gasteiger partial charge >= 0.3 is 6.18 Å². The van der Waals surface area contributed by atoms with Gasteiger partial charge in [0.1, 0.15) is 17.5 Å². The number of ether oxygens (including phenoxy) is 1. The van der Waals surface area contributed by atoms with Crippen LogP contribution >= 0.6 is 0 Å². The van der Waals surface area contributed by atoms with Gasteiger partial charge < -0.3 is 10.1 Å². The molecule has 1 aromatic carbocycles. The lowest BCUT2D eigenvalue weighted by Gasteiger charge is -2.35. The van der Waals surface area contributed by atoms with E-state index < -0.39 is 45.4 Å². The number of hydrogen-bond acceptors (Lipinski definition) is 8. The number of halogens is 3. The first-order valence-electron chi connectivity index (χ1n) is 12.6. The first-order chi connectivity index (χ1) is 19.4. The summed E-state index contributed by atoms with van der Waals surface area (Å²) in [6.45, 7) is -1.43. The maximum Gasteiger partial charge on any atom is 0.422 e. The number of fused-ring (bicyclic) bond motifs is 3. The molecule has 0 saturated heterocycles. The lowest BCUT2D eigenvalue weighted by molar-refractivity contribution is -0.153. The molecule has 1 aliphatic heterocycles. The summed E-state index contributed by atoms with van der Waals surface area (Å²) in [6.07, 6.45) is -1.41. The second-order valence-corrected chi connectivity index (χ2v) is 12.2. The van der Waals surface area contributed by atoms with Crippen molar-refractivity contribution in [3.05, 3.63) is 70.2 Å². The Morgan fingerprint density at radius 1 is 1.27 bits per heavy atom. The number of benzene rings is 1. The number of sulfonamides is 1. The van der Waals surface area contributed by atoms with Gasteiger partial charge in [0.25, 0.3) is 11.8 Å². The van der Waals surface area contributed by atoms with Gasteiger partial charge in [0, 0.05) is 12.6 Å². The predicted octanol–water partition coefficient (Wildman–Crippen LogP) is 2.43. The molecule has 1 spiro atoms. The van der Waals surface area contributed by atoms with Gasteiger partial charge in [0.15, 0.2) is 12.4 Å². The summed E-state index contributed by atoms with van der Waals surface area (Å²) in [6, 6.07) is 9.32. The van der Waals surface area contributed by atoms with Crippen molar-refractivity contribution >= 4 is 21.8 Å². The van der Waals surface area contributed by atoms with Crippen molar-refractivity contribution in [1.82, 2.24) is 24.8 Å². The van der Waals surface area contributed by atoms with Crippen LogP contribution in [-0.4, -0.2) is 53.0 Å². The standard InChI is InChI=1S/C26H21F3N6O5S/c27-26(28,29)13-40-16-2-5-18-15(9-16)7-8-25(18)10-19-21(23(36)32-25)22(24(37)34-41(38,39)17-3-4-17)35(33-19)20-6-1-14(11-30)12-31-20/h1-2,5-6,9,12,17H,3-4,7-8,10,13H2,(H,32,36)(H,34,37)/t25-/m1/s1. The number of nitrogens with zero attached hydrogens (tertiary/aromatic N) is 4. The van der Waals surface area contributed by atoms with Crippen LogP contribution in [0.3, 0.4) is 0 Å². The fourth-order valence-corrected chi connectivity index (χ4v) is 6.60. The highest BCUT2D eigenvalue weighted by Crippen LogP contribution is 2.44.